The highest BCUT2D eigenvalue weighted by molar-refractivity contribution is 7.92. The highest BCUT2D eigenvalue weighted by Gasteiger charge is 2.20. The number of carbonyl (C=O) groups is 1. The van der Waals surface area contributed by atoms with Gasteiger partial charge in [-0.1, -0.05) is 24.3 Å². The molecule has 0 heterocycles. The number of carbonyl (C=O) groups excluding carboxylic acids is 1. The summed E-state index contributed by atoms with van der Waals surface area (Å²) in [4.78, 5) is 12.4. The number of methoxy groups -OCH3 is 1. The fourth-order valence-corrected chi connectivity index (χ4v) is 4.02. The number of para-hydroxylation sites is 1. The number of sulfonamides is 1. The van der Waals surface area contributed by atoms with E-state index < -0.39 is 21.7 Å². The lowest BCUT2D eigenvalue weighted by molar-refractivity contribution is 0.102. The van der Waals surface area contributed by atoms with Gasteiger partial charge >= 0.3 is 0 Å². The number of halogens is 1. The molecule has 0 bridgehead atoms. The van der Waals surface area contributed by atoms with Crippen molar-refractivity contribution in [3.8, 4) is 5.75 Å². The first-order valence-electron chi connectivity index (χ1n) is 8.63. The van der Waals surface area contributed by atoms with Gasteiger partial charge in [0.25, 0.3) is 15.9 Å². The van der Waals surface area contributed by atoms with Crippen molar-refractivity contribution in [2.45, 2.75) is 11.8 Å². The summed E-state index contributed by atoms with van der Waals surface area (Å²) in [6, 6.07) is 16.5. The fourth-order valence-electron chi connectivity index (χ4n) is 2.68. The Morgan fingerprint density at radius 2 is 1.76 bits per heavy atom. The zero-order valence-corrected chi connectivity index (χ0v) is 16.6. The number of nitrogens with one attached hydrogen (secondary N) is 2. The SMILES string of the molecule is COc1cccc(C(=O)Nc2ccc(C)c(S(=O)(=O)Nc3ccccc3F)c2)c1. The van der Waals surface area contributed by atoms with Gasteiger partial charge in [-0.3, -0.25) is 9.52 Å². The molecule has 2 N–H and O–H groups in total. The average Bonchev–Trinajstić information content (AvgIpc) is 2.71. The Kier molecular flexibility index (Phi) is 5.84. The average molecular weight is 414 g/mol. The van der Waals surface area contributed by atoms with Crippen LogP contribution < -0.4 is 14.8 Å². The molecule has 0 saturated carbocycles. The number of hydrogen-bond donors (Lipinski definition) is 2. The summed E-state index contributed by atoms with van der Waals surface area (Å²) in [5, 5.41) is 2.66. The highest BCUT2D eigenvalue weighted by atomic mass is 32.2. The first-order chi connectivity index (χ1) is 13.8. The summed E-state index contributed by atoms with van der Waals surface area (Å²) in [5.74, 6) is -0.576. The third-order valence-corrected chi connectivity index (χ3v) is 5.69. The van der Waals surface area contributed by atoms with E-state index in [4.69, 9.17) is 4.74 Å². The highest BCUT2D eigenvalue weighted by Crippen LogP contribution is 2.24. The largest absolute Gasteiger partial charge is 0.497 e. The van der Waals surface area contributed by atoms with E-state index in [0.29, 0.717) is 16.9 Å². The lowest BCUT2D eigenvalue weighted by Gasteiger charge is -2.13. The van der Waals surface area contributed by atoms with Gasteiger partial charge in [-0.2, -0.15) is 0 Å². The number of rotatable bonds is 6. The number of aryl methyl sites for hydroxylation is 1. The molecule has 0 unspecified atom stereocenters. The van der Waals surface area contributed by atoms with Crippen LogP contribution in [0.4, 0.5) is 15.8 Å². The molecule has 0 spiro atoms. The summed E-state index contributed by atoms with van der Waals surface area (Å²) < 4.78 is 46.7. The maximum absolute atomic E-state index is 13.8. The topological polar surface area (TPSA) is 84.5 Å². The monoisotopic (exact) mass is 414 g/mol. The van der Waals surface area contributed by atoms with Crippen LogP contribution in [0.15, 0.2) is 71.6 Å². The number of ether oxygens (including phenoxy) is 1. The Bertz CT molecular complexity index is 1160. The molecule has 0 aliphatic heterocycles. The summed E-state index contributed by atoms with van der Waals surface area (Å²) in [6.45, 7) is 1.61. The van der Waals surface area contributed by atoms with E-state index in [9.17, 15) is 17.6 Å². The van der Waals surface area contributed by atoms with Crippen molar-refractivity contribution in [3.05, 3.63) is 83.7 Å². The maximum Gasteiger partial charge on any atom is 0.262 e. The van der Waals surface area contributed by atoms with Crippen LogP contribution >= 0.6 is 0 Å². The van der Waals surface area contributed by atoms with Gasteiger partial charge < -0.3 is 10.1 Å². The summed E-state index contributed by atoms with van der Waals surface area (Å²) in [6.07, 6.45) is 0. The molecule has 1 amide bonds. The molecule has 0 atom stereocenters. The van der Waals surface area contributed by atoms with Crippen LogP contribution in [-0.2, 0) is 10.0 Å². The zero-order chi connectivity index (χ0) is 21.0. The second-order valence-electron chi connectivity index (χ2n) is 6.25. The zero-order valence-electron chi connectivity index (χ0n) is 15.8. The molecule has 3 aromatic carbocycles. The van der Waals surface area contributed by atoms with Crippen LogP contribution in [0.25, 0.3) is 0 Å². The Hall–Kier alpha value is -3.39. The van der Waals surface area contributed by atoms with E-state index in [1.807, 2.05) is 0 Å². The molecular formula is C21H19FN2O4S. The molecule has 0 saturated heterocycles. The van der Waals surface area contributed by atoms with Gasteiger partial charge in [-0.05, 0) is 55.0 Å². The summed E-state index contributed by atoms with van der Waals surface area (Å²) in [5.41, 5.74) is 0.946. The third-order valence-electron chi connectivity index (χ3n) is 4.19. The van der Waals surface area contributed by atoms with Gasteiger partial charge in [-0.25, -0.2) is 12.8 Å². The van der Waals surface area contributed by atoms with Crippen LogP contribution in [0.1, 0.15) is 15.9 Å². The number of anilines is 2. The Labute approximate surface area is 168 Å². The number of amides is 1. The van der Waals surface area contributed by atoms with Crippen molar-refractivity contribution in [1.29, 1.82) is 0 Å². The van der Waals surface area contributed by atoms with Crippen LogP contribution in [0.5, 0.6) is 5.75 Å². The maximum atomic E-state index is 13.8. The lowest BCUT2D eigenvalue weighted by Crippen LogP contribution is -2.17. The van der Waals surface area contributed by atoms with E-state index in [-0.39, 0.29) is 16.3 Å². The molecule has 0 fully saturated rings. The Morgan fingerprint density at radius 1 is 1.00 bits per heavy atom. The molecule has 8 heteroatoms. The van der Waals surface area contributed by atoms with Crippen LogP contribution in [0.2, 0.25) is 0 Å². The van der Waals surface area contributed by atoms with Crippen molar-refractivity contribution in [2.24, 2.45) is 0 Å². The molecule has 3 rings (SSSR count). The first kappa shape index (κ1) is 20.3. The fraction of sp³-hybridized carbons (Fsp3) is 0.0952. The van der Waals surface area contributed by atoms with Crippen LogP contribution in [-0.4, -0.2) is 21.4 Å². The van der Waals surface area contributed by atoms with Crippen LogP contribution in [0, 0.1) is 12.7 Å². The number of benzene rings is 3. The molecule has 150 valence electrons. The minimum Gasteiger partial charge on any atom is -0.497 e. The predicted molar refractivity (Wildman–Crippen MR) is 109 cm³/mol. The Balaban J connectivity index is 1.87. The van der Waals surface area contributed by atoms with E-state index in [1.54, 1.807) is 43.3 Å². The van der Waals surface area contributed by atoms with Crippen LogP contribution in [0.3, 0.4) is 0 Å². The second-order valence-corrected chi connectivity index (χ2v) is 7.90. The van der Waals surface area contributed by atoms with Crippen molar-refractivity contribution >= 4 is 27.3 Å². The molecular weight excluding hydrogens is 395 g/mol. The molecule has 0 aliphatic rings. The number of hydrogen-bond acceptors (Lipinski definition) is 4. The third kappa shape index (κ3) is 4.72. The predicted octanol–water partition coefficient (Wildman–Crippen LogP) is 4.20. The van der Waals surface area contributed by atoms with E-state index in [0.717, 1.165) is 6.07 Å². The van der Waals surface area contributed by atoms with Gasteiger partial charge in [0.15, 0.2) is 0 Å². The van der Waals surface area contributed by atoms with E-state index in [2.05, 4.69) is 10.0 Å². The smallest absolute Gasteiger partial charge is 0.262 e. The first-order valence-corrected chi connectivity index (χ1v) is 10.1. The Morgan fingerprint density at radius 3 is 2.48 bits per heavy atom. The summed E-state index contributed by atoms with van der Waals surface area (Å²) >= 11 is 0. The molecule has 0 radical (unpaired) electrons. The van der Waals surface area contributed by atoms with Crippen molar-refractivity contribution in [3.63, 3.8) is 0 Å². The molecule has 29 heavy (non-hydrogen) atoms. The molecule has 0 aliphatic carbocycles. The quantitative estimate of drug-likeness (QED) is 0.633. The standard InChI is InChI=1S/C21H19FN2O4S/c1-14-10-11-16(23-21(25)15-6-5-7-17(12-15)28-2)13-20(14)29(26,27)24-19-9-4-3-8-18(19)22/h3-13,24H,1-2H3,(H,23,25). The van der Waals surface area contributed by atoms with Crippen molar-refractivity contribution in [1.82, 2.24) is 0 Å². The minimum atomic E-state index is -4.06. The van der Waals surface area contributed by atoms with Gasteiger partial charge in [0, 0.05) is 11.3 Å². The van der Waals surface area contributed by atoms with E-state index in [1.165, 1.54) is 31.4 Å². The second kappa shape index (κ2) is 8.32. The van der Waals surface area contributed by atoms with Gasteiger partial charge in [-0.15, -0.1) is 0 Å². The minimum absolute atomic E-state index is 0.0656. The summed E-state index contributed by atoms with van der Waals surface area (Å²) in [7, 11) is -2.56. The molecule has 0 aromatic heterocycles. The molecule has 6 nitrogen and oxygen atoms in total. The van der Waals surface area contributed by atoms with Crippen molar-refractivity contribution < 1.29 is 22.3 Å². The molecule has 3 aromatic rings. The normalized spacial score (nSPS) is 11.0. The van der Waals surface area contributed by atoms with Gasteiger partial charge in [0.1, 0.15) is 11.6 Å². The van der Waals surface area contributed by atoms with E-state index >= 15 is 0 Å². The van der Waals surface area contributed by atoms with Crippen molar-refractivity contribution in [2.75, 3.05) is 17.1 Å². The lowest BCUT2D eigenvalue weighted by atomic mass is 10.2. The van der Waals surface area contributed by atoms with Gasteiger partial charge in [0.05, 0.1) is 17.7 Å². The van der Waals surface area contributed by atoms with Gasteiger partial charge in [0.2, 0.25) is 0 Å².